The topological polar surface area (TPSA) is 76.7 Å². The molecule has 0 heterocycles. The van der Waals surface area contributed by atoms with Gasteiger partial charge in [-0.05, 0) is 67.5 Å². The molecule has 3 rings (SSSR count). The van der Waals surface area contributed by atoms with Crippen LogP contribution in [0.15, 0.2) is 48.5 Å². The monoisotopic (exact) mass is 438 g/mol. The average Bonchev–Trinajstić information content (AvgIpc) is 2.78. The number of ether oxygens (including phenoxy) is 2. The molecular weight excluding hydrogens is 404 g/mol. The number of hydrogen-bond donors (Lipinski definition) is 2. The summed E-state index contributed by atoms with van der Waals surface area (Å²) in [4.78, 5) is 24.7. The average molecular weight is 439 g/mol. The van der Waals surface area contributed by atoms with E-state index in [0.717, 1.165) is 29.7 Å². The van der Waals surface area contributed by atoms with Crippen LogP contribution < -0.4 is 15.4 Å². The molecule has 0 aliphatic heterocycles. The lowest BCUT2D eigenvalue weighted by molar-refractivity contribution is -0.136. The van der Waals surface area contributed by atoms with Gasteiger partial charge in [0.2, 0.25) is 0 Å². The summed E-state index contributed by atoms with van der Waals surface area (Å²) in [5, 5.41) is 5.44. The maximum Gasteiger partial charge on any atom is 0.313 e. The number of methoxy groups -OCH3 is 1. The van der Waals surface area contributed by atoms with Gasteiger partial charge in [-0.1, -0.05) is 44.0 Å². The highest BCUT2D eigenvalue weighted by molar-refractivity contribution is 6.39. The third-order valence-electron chi connectivity index (χ3n) is 5.82. The Labute approximate surface area is 190 Å². The molecule has 0 bridgehead atoms. The Hall–Kier alpha value is -2.86. The van der Waals surface area contributed by atoms with Gasteiger partial charge in [-0.15, -0.1) is 0 Å². The molecule has 1 fully saturated rings. The molecule has 2 aromatic carbocycles. The molecule has 0 aromatic heterocycles. The molecule has 1 saturated carbocycles. The van der Waals surface area contributed by atoms with Crippen LogP contribution in [0.1, 0.15) is 50.7 Å². The summed E-state index contributed by atoms with van der Waals surface area (Å²) in [6.45, 7) is 4.65. The molecule has 6 nitrogen and oxygen atoms in total. The quantitative estimate of drug-likeness (QED) is 0.596. The van der Waals surface area contributed by atoms with Crippen LogP contribution in [0.3, 0.4) is 0 Å². The lowest BCUT2D eigenvalue weighted by Crippen LogP contribution is -2.41. The van der Waals surface area contributed by atoms with Crippen molar-refractivity contribution in [3.05, 3.63) is 59.7 Å². The summed E-state index contributed by atoms with van der Waals surface area (Å²) in [7, 11) is 1.62. The van der Waals surface area contributed by atoms with Gasteiger partial charge in [-0.2, -0.15) is 0 Å². The third kappa shape index (κ3) is 7.38. The molecule has 1 aliphatic carbocycles. The Bertz CT molecular complexity index is 914. The van der Waals surface area contributed by atoms with Crippen molar-refractivity contribution in [3.8, 4) is 5.75 Å². The molecule has 0 saturated heterocycles. The van der Waals surface area contributed by atoms with Crippen LogP contribution in [-0.4, -0.2) is 31.1 Å². The molecule has 2 N–H and O–H groups in total. The van der Waals surface area contributed by atoms with Crippen LogP contribution >= 0.6 is 0 Å². The van der Waals surface area contributed by atoms with Gasteiger partial charge in [-0.25, -0.2) is 0 Å². The van der Waals surface area contributed by atoms with Gasteiger partial charge < -0.3 is 20.1 Å². The van der Waals surface area contributed by atoms with Gasteiger partial charge in [0, 0.05) is 11.7 Å². The van der Waals surface area contributed by atoms with Crippen LogP contribution in [0.2, 0.25) is 0 Å². The van der Waals surface area contributed by atoms with E-state index < -0.39 is 11.8 Å². The number of nitrogens with one attached hydrogen (secondary N) is 2. The lowest BCUT2D eigenvalue weighted by Gasteiger charge is -2.26. The first-order valence-corrected chi connectivity index (χ1v) is 11.4. The number of hydrogen-bond acceptors (Lipinski definition) is 4. The van der Waals surface area contributed by atoms with Crippen molar-refractivity contribution in [2.75, 3.05) is 12.4 Å². The van der Waals surface area contributed by atoms with E-state index in [1.165, 1.54) is 12.8 Å². The van der Waals surface area contributed by atoms with Crippen molar-refractivity contribution in [1.29, 1.82) is 0 Å². The fourth-order valence-electron chi connectivity index (χ4n) is 4.16. The standard InChI is InChI=1S/C26H34N2O4/c1-18-7-4-12-24(13-18)32-17-21-9-5-10-22(15-21)28-26(30)25(29)27-19(2)14-20-8-6-11-23(16-20)31-3/h5-6,8-11,15-16,18-19,24H,4,7,12-14,17H2,1-3H3,(H,27,29)(H,28,30). The van der Waals surface area contributed by atoms with Crippen molar-refractivity contribution >= 4 is 17.5 Å². The first kappa shape index (κ1) is 23.8. The normalized spacial score (nSPS) is 19.1. The van der Waals surface area contributed by atoms with Crippen molar-refractivity contribution < 1.29 is 19.1 Å². The predicted molar refractivity (Wildman–Crippen MR) is 126 cm³/mol. The molecule has 2 amide bonds. The van der Waals surface area contributed by atoms with E-state index in [4.69, 9.17) is 9.47 Å². The smallest absolute Gasteiger partial charge is 0.313 e. The number of carbonyl (C=O) groups excluding carboxylic acids is 2. The molecule has 3 unspecified atom stereocenters. The van der Waals surface area contributed by atoms with E-state index in [1.54, 1.807) is 13.2 Å². The van der Waals surface area contributed by atoms with Crippen molar-refractivity contribution in [1.82, 2.24) is 5.32 Å². The van der Waals surface area contributed by atoms with Gasteiger partial charge >= 0.3 is 11.8 Å². The van der Waals surface area contributed by atoms with Gasteiger partial charge in [0.05, 0.1) is 19.8 Å². The van der Waals surface area contributed by atoms with Gasteiger partial charge in [0.1, 0.15) is 5.75 Å². The summed E-state index contributed by atoms with van der Waals surface area (Å²) >= 11 is 0. The zero-order valence-corrected chi connectivity index (χ0v) is 19.2. The second kappa shape index (κ2) is 11.7. The molecule has 1 aliphatic rings. The number of benzene rings is 2. The van der Waals surface area contributed by atoms with Crippen LogP contribution in [0.4, 0.5) is 5.69 Å². The highest BCUT2D eigenvalue weighted by Crippen LogP contribution is 2.26. The van der Waals surface area contributed by atoms with Gasteiger partial charge in [0.15, 0.2) is 0 Å². The Morgan fingerprint density at radius 2 is 1.84 bits per heavy atom. The van der Waals surface area contributed by atoms with E-state index in [1.807, 2.05) is 49.4 Å². The third-order valence-corrected chi connectivity index (χ3v) is 5.82. The molecule has 2 aromatic rings. The minimum Gasteiger partial charge on any atom is -0.497 e. The zero-order chi connectivity index (χ0) is 22.9. The first-order chi connectivity index (χ1) is 15.4. The fourth-order valence-corrected chi connectivity index (χ4v) is 4.16. The van der Waals surface area contributed by atoms with E-state index in [2.05, 4.69) is 17.6 Å². The van der Waals surface area contributed by atoms with Crippen molar-refractivity contribution in [3.63, 3.8) is 0 Å². The summed E-state index contributed by atoms with van der Waals surface area (Å²) in [5.41, 5.74) is 2.59. The van der Waals surface area contributed by atoms with E-state index in [-0.39, 0.29) is 6.04 Å². The number of rotatable bonds is 8. The molecule has 0 spiro atoms. The van der Waals surface area contributed by atoms with Gasteiger partial charge in [-0.3, -0.25) is 9.59 Å². The summed E-state index contributed by atoms with van der Waals surface area (Å²) < 4.78 is 11.3. The SMILES string of the molecule is COc1cccc(CC(C)NC(=O)C(=O)Nc2cccc(COC3CCCC(C)C3)c2)c1. The molecule has 6 heteroatoms. The van der Waals surface area contributed by atoms with Gasteiger partial charge in [0.25, 0.3) is 0 Å². The number of anilines is 1. The summed E-state index contributed by atoms with van der Waals surface area (Å²) in [6, 6.07) is 14.9. The highest BCUT2D eigenvalue weighted by atomic mass is 16.5. The Balaban J connectivity index is 1.47. The maximum absolute atomic E-state index is 12.4. The van der Waals surface area contributed by atoms with E-state index in [9.17, 15) is 9.59 Å². The highest BCUT2D eigenvalue weighted by Gasteiger charge is 2.20. The fraction of sp³-hybridized carbons (Fsp3) is 0.462. The Morgan fingerprint density at radius 1 is 1.06 bits per heavy atom. The van der Waals surface area contributed by atoms with Crippen LogP contribution in [0, 0.1) is 5.92 Å². The second-order valence-electron chi connectivity index (χ2n) is 8.79. The largest absolute Gasteiger partial charge is 0.497 e. The summed E-state index contributed by atoms with van der Waals surface area (Å²) in [5.74, 6) is 0.143. The first-order valence-electron chi connectivity index (χ1n) is 11.4. The Morgan fingerprint density at radius 3 is 2.62 bits per heavy atom. The minimum atomic E-state index is -0.679. The second-order valence-corrected chi connectivity index (χ2v) is 8.79. The van der Waals surface area contributed by atoms with E-state index >= 15 is 0 Å². The van der Waals surface area contributed by atoms with Crippen LogP contribution in [0.25, 0.3) is 0 Å². The van der Waals surface area contributed by atoms with E-state index in [0.29, 0.717) is 30.7 Å². The zero-order valence-electron chi connectivity index (χ0n) is 19.2. The summed E-state index contributed by atoms with van der Waals surface area (Å²) in [6.07, 6.45) is 5.60. The van der Waals surface area contributed by atoms with Crippen molar-refractivity contribution in [2.45, 2.75) is 64.7 Å². The maximum atomic E-state index is 12.4. The van der Waals surface area contributed by atoms with Crippen LogP contribution in [-0.2, 0) is 27.4 Å². The number of amides is 2. The molecule has 0 radical (unpaired) electrons. The molecule has 32 heavy (non-hydrogen) atoms. The minimum absolute atomic E-state index is 0.196. The predicted octanol–water partition coefficient (Wildman–Crippen LogP) is 4.48. The van der Waals surface area contributed by atoms with Crippen molar-refractivity contribution in [2.24, 2.45) is 5.92 Å². The molecule has 172 valence electrons. The van der Waals surface area contributed by atoms with Crippen LogP contribution in [0.5, 0.6) is 5.75 Å². The Kier molecular flexibility index (Phi) is 8.68. The molecule has 3 atom stereocenters. The lowest BCUT2D eigenvalue weighted by atomic mass is 9.89. The number of carbonyl (C=O) groups is 2. The molecular formula is C26H34N2O4.